The molecule has 1 heteroatoms. The molecule has 7 aromatic rings. The highest BCUT2D eigenvalue weighted by Crippen LogP contribution is 2.39. The van der Waals surface area contributed by atoms with Gasteiger partial charge in [0.15, 0.2) is 0 Å². The summed E-state index contributed by atoms with van der Waals surface area (Å²) in [7, 11) is 0. The Kier molecular flexibility index (Phi) is 6.61. The van der Waals surface area contributed by atoms with Gasteiger partial charge in [-0.25, -0.2) is 0 Å². The topological polar surface area (TPSA) is 3.24 Å². The van der Waals surface area contributed by atoms with E-state index in [0.29, 0.717) is 0 Å². The Balaban J connectivity index is 1.30. The Labute approximate surface area is 241 Å². The lowest BCUT2D eigenvalue weighted by Crippen LogP contribution is -2.09. The lowest BCUT2D eigenvalue weighted by Gasteiger charge is -2.26. The molecule has 0 radical (unpaired) electrons. The molecule has 1 nitrogen and oxygen atoms in total. The van der Waals surface area contributed by atoms with Crippen LogP contribution in [0.4, 0.5) is 17.1 Å². The van der Waals surface area contributed by atoms with E-state index < -0.39 is 0 Å². The van der Waals surface area contributed by atoms with Gasteiger partial charge >= 0.3 is 0 Å². The van der Waals surface area contributed by atoms with Crippen LogP contribution < -0.4 is 4.90 Å². The molecule has 194 valence electrons. The van der Waals surface area contributed by atoms with Crippen LogP contribution in [0.25, 0.3) is 44.2 Å². The largest absolute Gasteiger partial charge is 0.310 e. The van der Waals surface area contributed by atoms with E-state index >= 15 is 0 Å². The molecule has 0 aliphatic heterocycles. The Hall–Kier alpha value is -5.40. The average Bonchev–Trinajstić information content (AvgIpc) is 3.06. The first kappa shape index (κ1) is 24.6. The van der Waals surface area contributed by atoms with Crippen LogP contribution in [0.5, 0.6) is 0 Å². The molecule has 0 heterocycles. The highest BCUT2D eigenvalue weighted by molar-refractivity contribution is 5.90. The van der Waals surface area contributed by atoms with Gasteiger partial charge in [-0.1, -0.05) is 133 Å². The summed E-state index contributed by atoms with van der Waals surface area (Å²) in [6.07, 6.45) is 0. The highest BCUT2D eigenvalue weighted by Gasteiger charge is 2.14. The molecule has 0 unspecified atom stereocenters. The lowest BCUT2D eigenvalue weighted by atomic mass is 9.91. The molecule has 0 fully saturated rings. The van der Waals surface area contributed by atoms with Crippen LogP contribution in [-0.2, 0) is 0 Å². The highest BCUT2D eigenvalue weighted by atomic mass is 15.1. The van der Waals surface area contributed by atoms with Crippen LogP contribution in [0, 0.1) is 0 Å². The predicted molar refractivity (Wildman–Crippen MR) is 175 cm³/mol. The first-order chi connectivity index (χ1) is 20.3. The third-order valence-electron chi connectivity index (χ3n) is 7.65. The van der Waals surface area contributed by atoms with Gasteiger partial charge in [0, 0.05) is 17.1 Å². The summed E-state index contributed by atoms with van der Waals surface area (Å²) in [6, 6.07) is 62.8. The molecule has 41 heavy (non-hydrogen) atoms. The summed E-state index contributed by atoms with van der Waals surface area (Å²) in [4.78, 5) is 2.32. The quantitative estimate of drug-likeness (QED) is 0.209. The Morgan fingerprint density at radius 1 is 0.268 bits per heavy atom. The van der Waals surface area contributed by atoms with Gasteiger partial charge in [0.2, 0.25) is 0 Å². The zero-order chi connectivity index (χ0) is 27.4. The first-order valence-electron chi connectivity index (χ1n) is 14.0. The second-order valence-electron chi connectivity index (χ2n) is 10.2. The fourth-order valence-corrected chi connectivity index (χ4v) is 5.59. The summed E-state index contributed by atoms with van der Waals surface area (Å²) >= 11 is 0. The molecule has 0 saturated heterocycles. The standard InChI is InChI=1S/C40H29N/c1-4-13-32(14-5-1)39-27-23-35(29-40(39)33-15-6-2-7-16-33)31-20-24-37(25-21-31)41(36-18-8-3-9-19-36)38-26-22-30-12-10-11-17-34(30)28-38/h1-29H. The van der Waals surface area contributed by atoms with Crippen molar-refractivity contribution in [3.63, 3.8) is 0 Å². The molecule has 0 bridgehead atoms. The van der Waals surface area contributed by atoms with Gasteiger partial charge in [0.25, 0.3) is 0 Å². The van der Waals surface area contributed by atoms with Gasteiger partial charge in [-0.3, -0.25) is 0 Å². The molecular formula is C40H29N. The number of hydrogen-bond acceptors (Lipinski definition) is 1. The average molecular weight is 524 g/mol. The third-order valence-corrected chi connectivity index (χ3v) is 7.65. The van der Waals surface area contributed by atoms with Crippen LogP contribution in [0.3, 0.4) is 0 Å². The van der Waals surface area contributed by atoms with Crippen LogP contribution in [-0.4, -0.2) is 0 Å². The van der Waals surface area contributed by atoms with Crippen LogP contribution in [0.1, 0.15) is 0 Å². The fraction of sp³-hybridized carbons (Fsp3) is 0. The lowest BCUT2D eigenvalue weighted by molar-refractivity contribution is 1.29. The minimum absolute atomic E-state index is 1.12. The van der Waals surface area contributed by atoms with E-state index in [1.54, 1.807) is 0 Å². The van der Waals surface area contributed by atoms with E-state index in [0.717, 1.165) is 17.1 Å². The smallest absolute Gasteiger partial charge is 0.0468 e. The third kappa shape index (κ3) is 5.02. The van der Waals surface area contributed by atoms with E-state index in [9.17, 15) is 0 Å². The number of nitrogens with zero attached hydrogens (tertiary/aromatic N) is 1. The van der Waals surface area contributed by atoms with Gasteiger partial charge in [-0.15, -0.1) is 0 Å². The molecule has 0 amide bonds. The normalized spacial score (nSPS) is 10.9. The van der Waals surface area contributed by atoms with Crippen molar-refractivity contribution in [3.8, 4) is 33.4 Å². The SMILES string of the molecule is c1ccc(-c2ccc(-c3ccc(N(c4ccccc4)c4ccc5ccccc5c4)cc3)cc2-c2ccccc2)cc1. The second kappa shape index (κ2) is 11.0. The zero-order valence-corrected chi connectivity index (χ0v) is 22.7. The van der Waals surface area contributed by atoms with Crippen molar-refractivity contribution in [2.24, 2.45) is 0 Å². The van der Waals surface area contributed by atoms with E-state index in [2.05, 4.69) is 181 Å². The van der Waals surface area contributed by atoms with Crippen molar-refractivity contribution in [2.75, 3.05) is 4.90 Å². The molecule has 7 aromatic carbocycles. The molecule has 0 spiro atoms. The van der Waals surface area contributed by atoms with E-state index in [1.165, 1.54) is 44.2 Å². The van der Waals surface area contributed by atoms with Crippen molar-refractivity contribution in [1.29, 1.82) is 0 Å². The van der Waals surface area contributed by atoms with Crippen molar-refractivity contribution in [3.05, 3.63) is 176 Å². The van der Waals surface area contributed by atoms with E-state index in [-0.39, 0.29) is 0 Å². The molecule has 0 aliphatic rings. The van der Waals surface area contributed by atoms with Crippen molar-refractivity contribution < 1.29 is 0 Å². The van der Waals surface area contributed by atoms with E-state index in [1.807, 2.05) is 0 Å². The number of para-hydroxylation sites is 1. The van der Waals surface area contributed by atoms with Crippen molar-refractivity contribution in [2.45, 2.75) is 0 Å². The van der Waals surface area contributed by atoms with E-state index in [4.69, 9.17) is 0 Å². The fourth-order valence-electron chi connectivity index (χ4n) is 5.59. The number of benzene rings is 7. The summed E-state index contributed by atoms with van der Waals surface area (Å²) in [5.41, 5.74) is 10.7. The Bertz CT molecular complexity index is 1910. The Morgan fingerprint density at radius 2 is 0.780 bits per heavy atom. The molecule has 0 saturated carbocycles. The molecule has 0 atom stereocenters. The Morgan fingerprint density at radius 3 is 1.46 bits per heavy atom. The number of hydrogen-bond donors (Lipinski definition) is 0. The molecule has 0 aromatic heterocycles. The maximum atomic E-state index is 2.32. The second-order valence-corrected chi connectivity index (χ2v) is 10.2. The predicted octanol–water partition coefficient (Wildman–Crippen LogP) is 11.3. The van der Waals surface area contributed by atoms with Crippen molar-refractivity contribution in [1.82, 2.24) is 0 Å². The maximum Gasteiger partial charge on any atom is 0.0468 e. The van der Waals surface area contributed by atoms with Gasteiger partial charge < -0.3 is 4.90 Å². The summed E-state index contributed by atoms with van der Waals surface area (Å²) in [5, 5.41) is 2.47. The van der Waals surface area contributed by atoms with Gasteiger partial charge in [0.05, 0.1) is 0 Å². The number of fused-ring (bicyclic) bond motifs is 1. The van der Waals surface area contributed by atoms with Gasteiger partial charge in [0.1, 0.15) is 0 Å². The van der Waals surface area contributed by atoms with Gasteiger partial charge in [-0.2, -0.15) is 0 Å². The van der Waals surface area contributed by atoms with Crippen molar-refractivity contribution >= 4 is 27.8 Å². The maximum absolute atomic E-state index is 2.32. The number of rotatable bonds is 6. The summed E-state index contributed by atoms with van der Waals surface area (Å²) in [6.45, 7) is 0. The van der Waals surface area contributed by atoms with Gasteiger partial charge in [-0.05, 0) is 86.6 Å². The minimum atomic E-state index is 1.12. The zero-order valence-electron chi connectivity index (χ0n) is 22.7. The molecule has 0 N–H and O–H groups in total. The first-order valence-corrected chi connectivity index (χ1v) is 14.0. The van der Waals surface area contributed by atoms with Crippen LogP contribution in [0.2, 0.25) is 0 Å². The monoisotopic (exact) mass is 523 g/mol. The molecular weight excluding hydrogens is 494 g/mol. The number of anilines is 3. The van der Waals surface area contributed by atoms with Crippen LogP contribution in [0.15, 0.2) is 176 Å². The summed E-state index contributed by atoms with van der Waals surface area (Å²) in [5.74, 6) is 0. The minimum Gasteiger partial charge on any atom is -0.310 e. The molecule has 7 rings (SSSR count). The van der Waals surface area contributed by atoms with Crippen LogP contribution >= 0.6 is 0 Å². The summed E-state index contributed by atoms with van der Waals surface area (Å²) < 4.78 is 0. The molecule has 0 aliphatic carbocycles.